The first-order valence-electron chi connectivity index (χ1n) is 7.40. The van der Waals surface area contributed by atoms with Crippen LogP contribution in [-0.4, -0.2) is 35.3 Å². The molecule has 6 nitrogen and oxygen atoms in total. The molecule has 0 saturated heterocycles. The molecular weight excluding hydrogens is 339 g/mol. The molecule has 2 heterocycles. The Morgan fingerprint density at radius 1 is 1.12 bits per heavy atom. The highest BCUT2D eigenvalue weighted by molar-refractivity contribution is 5.96. The zero-order chi connectivity index (χ0) is 18.3. The molecule has 1 amide bonds. The van der Waals surface area contributed by atoms with Crippen molar-refractivity contribution in [3.8, 4) is 11.8 Å². The lowest BCUT2D eigenvalue weighted by atomic mass is 10.2. The van der Waals surface area contributed by atoms with Crippen LogP contribution in [0.15, 0.2) is 36.7 Å². The molecule has 0 unspecified atom stereocenters. The summed E-state index contributed by atoms with van der Waals surface area (Å²) in [7, 11) is 0. The van der Waals surface area contributed by atoms with Crippen LogP contribution in [0.3, 0.4) is 0 Å². The lowest BCUT2D eigenvalue weighted by Gasteiger charge is -2.13. The fourth-order valence-electron chi connectivity index (χ4n) is 1.92. The van der Waals surface area contributed by atoms with E-state index in [-0.39, 0.29) is 18.0 Å². The van der Waals surface area contributed by atoms with Gasteiger partial charge in [-0.25, -0.2) is 9.97 Å². The normalized spacial score (nSPS) is 11.0. The monoisotopic (exact) mass is 355 g/mol. The molecule has 2 rings (SSSR count). The van der Waals surface area contributed by atoms with E-state index in [1.54, 1.807) is 25.3 Å². The average molecular weight is 355 g/mol. The van der Waals surface area contributed by atoms with Gasteiger partial charge >= 0.3 is 6.18 Å². The van der Waals surface area contributed by atoms with Crippen LogP contribution in [0.2, 0.25) is 0 Å². The predicted molar refractivity (Wildman–Crippen MR) is 82.4 cm³/mol. The summed E-state index contributed by atoms with van der Waals surface area (Å²) in [6.07, 6.45) is -1.72. The number of halogens is 3. The summed E-state index contributed by atoms with van der Waals surface area (Å²) in [5.41, 5.74) is 0.549. The Morgan fingerprint density at radius 2 is 1.80 bits per heavy atom. The molecule has 0 bridgehead atoms. The largest absolute Gasteiger partial charge is 0.478 e. The van der Waals surface area contributed by atoms with Crippen LogP contribution in [0.25, 0.3) is 0 Å². The Labute approximate surface area is 142 Å². The quantitative estimate of drug-likeness (QED) is 0.827. The minimum Gasteiger partial charge on any atom is -0.478 e. The van der Waals surface area contributed by atoms with E-state index >= 15 is 0 Å². The number of alkyl halides is 3. The molecule has 134 valence electrons. The molecule has 0 fully saturated rings. The van der Waals surface area contributed by atoms with Crippen LogP contribution in [0, 0.1) is 0 Å². The number of carbonyl (C=O) groups excluding carboxylic acids is 1. The molecule has 2 aromatic rings. The zero-order valence-corrected chi connectivity index (χ0v) is 13.3. The summed E-state index contributed by atoms with van der Waals surface area (Å²) in [6.45, 7) is 0.782. The highest BCUT2D eigenvalue weighted by Crippen LogP contribution is 2.20. The van der Waals surface area contributed by atoms with E-state index in [0.29, 0.717) is 18.1 Å². The second kappa shape index (κ2) is 8.32. The van der Waals surface area contributed by atoms with Gasteiger partial charge < -0.3 is 14.8 Å². The summed E-state index contributed by atoms with van der Waals surface area (Å²) >= 11 is 0. The van der Waals surface area contributed by atoms with Gasteiger partial charge in [-0.1, -0.05) is 6.07 Å². The second-order valence-electron chi connectivity index (χ2n) is 4.84. The molecule has 1 N–H and O–H groups in total. The summed E-state index contributed by atoms with van der Waals surface area (Å²) in [4.78, 5) is 20.0. The van der Waals surface area contributed by atoms with E-state index in [0.717, 1.165) is 0 Å². The Balaban J connectivity index is 2.06. The Kier molecular flexibility index (Phi) is 6.15. The summed E-state index contributed by atoms with van der Waals surface area (Å²) in [5, 5.41) is 2.59. The molecule has 0 aliphatic rings. The number of carbonyl (C=O) groups is 1. The van der Waals surface area contributed by atoms with Gasteiger partial charge in [0, 0.05) is 24.5 Å². The molecule has 2 aromatic heterocycles. The average Bonchev–Trinajstić information content (AvgIpc) is 2.59. The van der Waals surface area contributed by atoms with Crippen molar-refractivity contribution in [2.45, 2.75) is 19.6 Å². The number of pyridine rings is 2. The molecule has 0 saturated carbocycles. The topological polar surface area (TPSA) is 73.3 Å². The number of hydrogen-bond donors (Lipinski definition) is 1. The highest BCUT2D eigenvalue weighted by atomic mass is 19.4. The van der Waals surface area contributed by atoms with Gasteiger partial charge in [-0.2, -0.15) is 13.2 Å². The molecular formula is C16H16F3N3O3. The van der Waals surface area contributed by atoms with Crippen molar-refractivity contribution < 1.29 is 27.4 Å². The third-order valence-electron chi connectivity index (χ3n) is 2.96. The van der Waals surface area contributed by atoms with Gasteiger partial charge in [-0.3, -0.25) is 4.79 Å². The third kappa shape index (κ3) is 5.63. The van der Waals surface area contributed by atoms with E-state index in [4.69, 9.17) is 4.74 Å². The van der Waals surface area contributed by atoms with Crippen molar-refractivity contribution in [3.63, 3.8) is 0 Å². The van der Waals surface area contributed by atoms with Crippen LogP contribution in [0.5, 0.6) is 11.8 Å². The second-order valence-corrected chi connectivity index (χ2v) is 4.84. The molecule has 9 heteroatoms. The maximum atomic E-state index is 12.3. The van der Waals surface area contributed by atoms with Crippen LogP contribution in [0.1, 0.15) is 22.8 Å². The number of amides is 1. The fourth-order valence-corrected chi connectivity index (χ4v) is 1.92. The van der Waals surface area contributed by atoms with Gasteiger partial charge in [-0.15, -0.1) is 0 Å². The lowest BCUT2D eigenvalue weighted by molar-refractivity contribution is -0.154. The van der Waals surface area contributed by atoms with Crippen molar-refractivity contribution in [2.24, 2.45) is 0 Å². The maximum absolute atomic E-state index is 12.3. The van der Waals surface area contributed by atoms with Crippen LogP contribution >= 0.6 is 0 Å². The molecule has 25 heavy (non-hydrogen) atoms. The summed E-state index contributed by atoms with van der Waals surface area (Å²) in [6, 6.07) is 6.18. The first kappa shape index (κ1) is 18.5. The van der Waals surface area contributed by atoms with Crippen molar-refractivity contribution in [1.82, 2.24) is 15.3 Å². The summed E-state index contributed by atoms with van der Waals surface area (Å²) < 4.78 is 46.8. The standard InChI is InChI=1S/C16H16F3N3O3/c1-2-24-14-11(5-3-7-20-14)9-22-13(23)12-6-4-8-21-15(12)25-10-16(17,18)19/h3-8H,2,9-10H2,1H3,(H,22,23). The zero-order valence-electron chi connectivity index (χ0n) is 13.3. The Morgan fingerprint density at radius 3 is 2.48 bits per heavy atom. The fraction of sp³-hybridized carbons (Fsp3) is 0.312. The number of rotatable bonds is 7. The van der Waals surface area contributed by atoms with E-state index < -0.39 is 18.7 Å². The van der Waals surface area contributed by atoms with Crippen molar-refractivity contribution in [1.29, 1.82) is 0 Å². The van der Waals surface area contributed by atoms with Gasteiger partial charge in [0.2, 0.25) is 11.8 Å². The first-order valence-corrected chi connectivity index (χ1v) is 7.40. The van der Waals surface area contributed by atoms with Gasteiger partial charge in [-0.05, 0) is 25.1 Å². The number of nitrogens with zero attached hydrogens (tertiary/aromatic N) is 2. The van der Waals surface area contributed by atoms with E-state index in [2.05, 4.69) is 20.0 Å². The number of nitrogens with one attached hydrogen (secondary N) is 1. The van der Waals surface area contributed by atoms with Crippen LogP contribution in [-0.2, 0) is 6.54 Å². The number of aromatic nitrogens is 2. The van der Waals surface area contributed by atoms with Gasteiger partial charge in [0.15, 0.2) is 6.61 Å². The molecule has 0 aliphatic carbocycles. The first-order chi connectivity index (χ1) is 11.9. The SMILES string of the molecule is CCOc1ncccc1CNC(=O)c1cccnc1OCC(F)(F)F. The van der Waals surface area contributed by atoms with E-state index in [9.17, 15) is 18.0 Å². The Hall–Kier alpha value is -2.84. The Bertz CT molecular complexity index is 723. The van der Waals surface area contributed by atoms with Gasteiger partial charge in [0.25, 0.3) is 5.91 Å². The van der Waals surface area contributed by atoms with Crippen LogP contribution < -0.4 is 14.8 Å². The maximum Gasteiger partial charge on any atom is 0.422 e. The van der Waals surface area contributed by atoms with E-state index in [1.165, 1.54) is 18.3 Å². The third-order valence-corrected chi connectivity index (χ3v) is 2.96. The number of hydrogen-bond acceptors (Lipinski definition) is 5. The molecule has 0 spiro atoms. The molecule has 0 aromatic carbocycles. The van der Waals surface area contributed by atoms with E-state index in [1.807, 2.05) is 0 Å². The summed E-state index contributed by atoms with van der Waals surface area (Å²) in [5.74, 6) is -0.616. The predicted octanol–water partition coefficient (Wildman–Crippen LogP) is 2.75. The lowest BCUT2D eigenvalue weighted by Crippen LogP contribution is -2.26. The number of ether oxygens (including phenoxy) is 2. The molecule has 0 atom stereocenters. The van der Waals surface area contributed by atoms with Gasteiger partial charge in [0.1, 0.15) is 5.56 Å². The minimum absolute atomic E-state index is 0.0893. The molecule has 0 radical (unpaired) electrons. The van der Waals surface area contributed by atoms with Crippen molar-refractivity contribution >= 4 is 5.91 Å². The minimum atomic E-state index is -4.52. The van der Waals surface area contributed by atoms with Crippen LogP contribution in [0.4, 0.5) is 13.2 Å². The van der Waals surface area contributed by atoms with Gasteiger partial charge in [0.05, 0.1) is 6.61 Å². The van der Waals surface area contributed by atoms with Crippen molar-refractivity contribution in [3.05, 3.63) is 47.8 Å². The highest BCUT2D eigenvalue weighted by Gasteiger charge is 2.29. The molecule has 0 aliphatic heterocycles. The smallest absolute Gasteiger partial charge is 0.422 e. The van der Waals surface area contributed by atoms with Crippen molar-refractivity contribution in [2.75, 3.05) is 13.2 Å².